The van der Waals surface area contributed by atoms with Crippen LogP contribution in [0.2, 0.25) is 0 Å². The Balaban J connectivity index is 2.35. The fraction of sp³-hybridized carbons (Fsp3) is 0.154. The zero-order valence-electron chi connectivity index (χ0n) is 8.57. The number of hydrogen-bond acceptors (Lipinski definition) is 2. The van der Waals surface area contributed by atoms with Crippen LogP contribution in [-0.2, 0) is 0 Å². The maximum absolute atomic E-state index is 8.70. The number of benzene rings is 2. The van der Waals surface area contributed by atoms with Gasteiger partial charge in [-0.1, -0.05) is 30.3 Å². The van der Waals surface area contributed by atoms with Gasteiger partial charge in [-0.05, 0) is 29.8 Å². The van der Waals surface area contributed by atoms with Crippen molar-refractivity contribution in [1.29, 1.82) is 5.26 Å². The van der Waals surface area contributed by atoms with Gasteiger partial charge in [0, 0.05) is 5.69 Å². The molecule has 2 heteroatoms. The van der Waals surface area contributed by atoms with E-state index in [-0.39, 0.29) is 6.04 Å². The molecule has 2 rings (SSSR count). The van der Waals surface area contributed by atoms with E-state index in [9.17, 15) is 0 Å². The standard InChI is InChI=1S/C13H12N2/c1-10(9-14)15-13-7-6-11-4-2-3-5-12(11)8-13/h2-8,10,15H,1H3. The quantitative estimate of drug-likeness (QED) is 0.800. The highest BCUT2D eigenvalue weighted by atomic mass is 14.9. The van der Waals surface area contributed by atoms with Crippen LogP contribution < -0.4 is 5.32 Å². The molecule has 1 atom stereocenters. The van der Waals surface area contributed by atoms with E-state index in [1.807, 2.05) is 25.1 Å². The van der Waals surface area contributed by atoms with Crippen LogP contribution >= 0.6 is 0 Å². The molecule has 15 heavy (non-hydrogen) atoms. The van der Waals surface area contributed by atoms with Crippen molar-refractivity contribution in [2.24, 2.45) is 0 Å². The van der Waals surface area contributed by atoms with E-state index in [4.69, 9.17) is 5.26 Å². The van der Waals surface area contributed by atoms with Crippen molar-refractivity contribution < 1.29 is 0 Å². The zero-order chi connectivity index (χ0) is 10.7. The highest BCUT2D eigenvalue weighted by Crippen LogP contribution is 2.19. The Kier molecular flexibility index (Phi) is 2.55. The van der Waals surface area contributed by atoms with Crippen LogP contribution in [-0.4, -0.2) is 6.04 Å². The van der Waals surface area contributed by atoms with Gasteiger partial charge < -0.3 is 5.32 Å². The summed E-state index contributed by atoms with van der Waals surface area (Å²) in [5.74, 6) is 0. The normalized spacial score (nSPS) is 12.0. The number of hydrogen-bond donors (Lipinski definition) is 1. The molecule has 0 aliphatic carbocycles. The molecule has 1 unspecified atom stereocenters. The molecule has 0 saturated carbocycles. The molecule has 2 aromatic carbocycles. The highest BCUT2D eigenvalue weighted by Gasteiger charge is 1.99. The minimum atomic E-state index is -0.161. The van der Waals surface area contributed by atoms with Crippen molar-refractivity contribution in [2.75, 3.05) is 5.32 Å². The molecular weight excluding hydrogens is 184 g/mol. The number of rotatable bonds is 2. The Morgan fingerprint density at radius 3 is 2.60 bits per heavy atom. The first-order chi connectivity index (χ1) is 7.29. The topological polar surface area (TPSA) is 35.8 Å². The third-order valence-electron chi connectivity index (χ3n) is 2.33. The van der Waals surface area contributed by atoms with Gasteiger partial charge in [-0.25, -0.2) is 0 Å². The van der Waals surface area contributed by atoms with E-state index in [1.54, 1.807) is 0 Å². The van der Waals surface area contributed by atoms with Crippen molar-refractivity contribution in [3.05, 3.63) is 42.5 Å². The summed E-state index contributed by atoms with van der Waals surface area (Å²) in [6.07, 6.45) is 0. The minimum absolute atomic E-state index is 0.161. The van der Waals surface area contributed by atoms with Crippen LogP contribution in [0.1, 0.15) is 6.92 Å². The molecular formula is C13H12N2. The van der Waals surface area contributed by atoms with E-state index < -0.39 is 0 Å². The molecule has 0 bridgehead atoms. The van der Waals surface area contributed by atoms with Crippen LogP contribution in [0.4, 0.5) is 5.69 Å². The van der Waals surface area contributed by atoms with Crippen LogP contribution in [0.3, 0.4) is 0 Å². The maximum atomic E-state index is 8.70. The maximum Gasteiger partial charge on any atom is 0.111 e. The third kappa shape index (κ3) is 2.08. The predicted molar refractivity (Wildman–Crippen MR) is 62.6 cm³/mol. The van der Waals surface area contributed by atoms with Gasteiger partial charge >= 0.3 is 0 Å². The monoisotopic (exact) mass is 196 g/mol. The first-order valence-electron chi connectivity index (χ1n) is 4.94. The van der Waals surface area contributed by atoms with Gasteiger partial charge in [0.1, 0.15) is 6.04 Å². The van der Waals surface area contributed by atoms with Crippen LogP contribution in [0.5, 0.6) is 0 Å². The molecule has 0 heterocycles. The summed E-state index contributed by atoms with van der Waals surface area (Å²) in [4.78, 5) is 0. The lowest BCUT2D eigenvalue weighted by Crippen LogP contribution is -2.11. The lowest BCUT2D eigenvalue weighted by molar-refractivity contribution is 1.01. The lowest BCUT2D eigenvalue weighted by atomic mass is 10.1. The largest absolute Gasteiger partial charge is 0.370 e. The smallest absolute Gasteiger partial charge is 0.111 e. The molecule has 74 valence electrons. The van der Waals surface area contributed by atoms with E-state index in [2.05, 4.69) is 35.7 Å². The number of nitriles is 1. The molecule has 0 spiro atoms. The van der Waals surface area contributed by atoms with Gasteiger partial charge in [0.15, 0.2) is 0 Å². The molecule has 0 fully saturated rings. The summed E-state index contributed by atoms with van der Waals surface area (Å²) in [6.45, 7) is 1.84. The van der Waals surface area contributed by atoms with E-state index >= 15 is 0 Å². The fourth-order valence-corrected chi connectivity index (χ4v) is 1.56. The summed E-state index contributed by atoms with van der Waals surface area (Å²) in [7, 11) is 0. The Labute approximate surface area is 89.2 Å². The molecule has 1 N–H and O–H groups in total. The number of nitrogens with one attached hydrogen (secondary N) is 1. The van der Waals surface area contributed by atoms with E-state index in [0.29, 0.717) is 0 Å². The first kappa shape index (κ1) is 9.54. The van der Waals surface area contributed by atoms with Crippen molar-refractivity contribution in [3.63, 3.8) is 0 Å². The molecule has 0 aromatic heterocycles. The Hall–Kier alpha value is -2.01. The Morgan fingerprint density at radius 1 is 1.13 bits per heavy atom. The lowest BCUT2D eigenvalue weighted by Gasteiger charge is -2.08. The van der Waals surface area contributed by atoms with Crippen LogP contribution in [0, 0.1) is 11.3 Å². The molecule has 0 aliphatic heterocycles. The van der Waals surface area contributed by atoms with Crippen LogP contribution in [0.15, 0.2) is 42.5 Å². The van der Waals surface area contributed by atoms with Crippen molar-refractivity contribution in [1.82, 2.24) is 0 Å². The third-order valence-corrected chi connectivity index (χ3v) is 2.33. The summed E-state index contributed by atoms with van der Waals surface area (Å²) in [6, 6.07) is 16.3. The highest BCUT2D eigenvalue weighted by molar-refractivity contribution is 5.85. The van der Waals surface area contributed by atoms with E-state index in [1.165, 1.54) is 10.8 Å². The molecule has 0 amide bonds. The number of nitrogens with zero attached hydrogens (tertiary/aromatic N) is 1. The Bertz CT molecular complexity index is 511. The molecule has 0 aliphatic rings. The minimum Gasteiger partial charge on any atom is -0.370 e. The van der Waals surface area contributed by atoms with Gasteiger partial charge in [0.05, 0.1) is 6.07 Å². The second kappa shape index (κ2) is 4.02. The van der Waals surface area contributed by atoms with Crippen LogP contribution in [0.25, 0.3) is 10.8 Å². The second-order valence-corrected chi connectivity index (χ2v) is 3.56. The fourth-order valence-electron chi connectivity index (χ4n) is 1.56. The SMILES string of the molecule is CC(C#N)Nc1ccc2ccccc2c1. The average Bonchev–Trinajstić information content (AvgIpc) is 2.29. The second-order valence-electron chi connectivity index (χ2n) is 3.56. The van der Waals surface area contributed by atoms with Gasteiger partial charge in [-0.2, -0.15) is 5.26 Å². The summed E-state index contributed by atoms with van der Waals surface area (Å²) < 4.78 is 0. The van der Waals surface area contributed by atoms with Gasteiger partial charge in [-0.15, -0.1) is 0 Å². The Morgan fingerprint density at radius 2 is 1.87 bits per heavy atom. The number of anilines is 1. The predicted octanol–water partition coefficient (Wildman–Crippen LogP) is 3.16. The van der Waals surface area contributed by atoms with Gasteiger partial charge in [-0.3, -0.25) is 0 Å². The molecule has 2 aromatic rings. The van der Waals surface area contributed by atoms with Crippen molar-refractivity contribution in [2.45, 2.75) is 13.0 Å². The zero-order valence-corrected chi connectivity index (χ0v) is 8.57. The van der Waals surface area contributed by atoms with Gasteiger partial charge in [0.25, 0.3) is 0 Å². The summed E-state index contributed by atoms with van der Waals surface area (Å²) in [5, 5.41) is 14.2. The summed E-state index contributed by atoms with van der Waals surface area (Å²) >= 11 is 0. The van der Waals surface area contributed by atoms with Crippen molar-refractivity contribution >= 4 is 16.5 Å². The van der Waals surface area contributed by atoms with E-state index in [0.717, 1.165) is 5.69 Å². The summed E-state index contributed by atoms with van der Waals surface area (Å²) in [5.41, 5.74) is 0.989. The molecule has 0 radical (unpaired) electrons. The van der Waals surface area contributed by atoms with Gasteiger partial charge in [0.2, 0.25) is 0 Å². The van der Waals surface area contributed by atoms with Crippen molar-refractivity contribution in [3.8, 4) is 6.07 Å². The molecule has 0 saturated heterocycles. The first-order valence-corrected chi connectivity index (χ1v) is 4.94. The average molecular weight is 196 g/mol. The molecule has 2 nitrogen and oxygen atoms in total. The number of fused-ring (bicyclic) bond motifs is 1.